The van der Waals surface area contributed by atoms with Gasteiger partial charge in [0.25, 0.3) is 5.56 Å². The average Bonchev–Trinajstić information content (AvgIpc) is 2.30. The fourth-order valence-corrected chi connectivity index (χ4v) is 1.73. The van der Waals surface area contributed by atoms with Gasteiger partial charge in [-0.25, -0.2) is 4.98 Å². The van der Waals surface area contributed by atoms with Crippen LogP contribution < -0.4 is 10.5 Å². The normalized spacial score (nSPS) is 10.5. The van der Waals surface area contributed by atoms with Gasteiger partial charge in [-0.15, -0.1) is 6.58 Å². The molecule has 0 aromatic carbocycles. The Morgan fingerprint density at radius 2 is 2.32 bits per heavy atom. The second-order valence-electron chi connectivity index (χ2n) is 4.67. The number of carbonyl (C=O) groups is 1. The molecule has 19 heavy (non-hydrogen) atoms. The first kappa shape index (κ1) is 14.9. The summed E-state index contributed by atoms with van der Waals surface area (Å²) in [4.78, 5) is 28.5. The molecule has 0 aliphatic carbocycles. The SMILES string of the molecule is C=CCN(CC(=O)O)c1nccn(CC(C)C)c1=O. The van der Waals surface area contributed by atoms with Gasteiger partial charge in [0.1, 0.15) is 6.54 Å². The first-order valence-corrected chi connectivity index (χ1v) is 6.08. The van der Waals surface area contributed by atoms with Crippen LogP contribution in [0.1, 0.15) is 13.8 Å². The third kappa shape index (κ3) is 4.24. The molecule has 1 N–H and O–H groups in total. The zero-order valence-corrected chi connectivity index (χ0v) is 11.2. The van der Waals surface area contributed by atoms with E-state index in [1.165, 1.54) is 11.1 Å². The second kappa shape index (κ2) is 6.72. The maximum absolute atomic E-state index is 12.2. The highest BCUT2D eigenvalue weighted by molar-refractivity contribution is 5.73. The Morgan fingerprint density at radius 1 is 1.63 bits per heavy atom. The lowest BCUT2D eigenvalue weighted by Crippen LogP contribution is -2.37. The maximum Gasteiger partial charge on any atom is 0.323 e. The van der Waals surface area contributed by atoms with Gasteiger partial charge in [0.05, 0.1) is 0 Å². The van der Waals surface area contributed by atoms with Crippen molar-refractivity contribution >= 4 is 11.8 Å². The van der Waals surface area contributed by atoms with Crippen LogP contribution in [0.3, 0.4) is 0 Å². The largest absolute Gasteiger partial charge is 0.480 e. The first-order valence-electron chi connectivity index (χ1n) is 6.08. The van der Waals surface area contributed by atoms with Gasteiger partial charge in [0.2, 0.25) is 0 Å². The highest BCUT2D eigenvalue weighted by Crippen LogP contribution is 2.04. The number of nitrogens with zero attached hydrogens (tertiary/aromatic N) is 3. The molecule has 1 aromatic rings. The Bertz CT molecular complexity index is 508. The van der Waals surface area contributed by atoms with E-state index < -0.39 is 5.97 Å². The van der Waals surface area contributed by atoms with Gasteiger partial charge in [0.15, 0.2) is 5.82 Å². The summed E-state index contributed by atoms with van der Waals surface area (Å²) in [5, 5.41) is 8.86. The minimum absolute atomic E-state index is 0.144. The van der Waals surface area contributed by atoms with Crippen molar-refractivity contribution in [3.05, 3.63) is 35.4 Å². The molecule has 0 saturated heterocycles. The molecular weight excluding hydrogens is 246 g/mol. The molecule has 0 atom stereocenters. The van der Waals surface area contributed by atoms with E-state index >= 15 is 0 Å². The number of carboxylic acid groups (broad SMARTS) is 1. The second-order valence-corrected chi connectivity index (χ2v) is 4.67. The van der Waals surface area contributed by atoms with Crippen molar-refractivity contribution in [3.63, 3.8) is 0 Å². The number of rotatable bonds is 7. The number of carboxylic acids is 1. The van der Waals surface area contributed by atoms with Crippen molar-refractivity contribution in [2.24, 2.45) is 5.92 Å². The van der Waals surface area contributed by atoms with Crippen LogP contribution in [0.5, 0.6) is 0 Å². The Hall–Kier alpha value is -2.11. The third-order valence-electron chi connectivity index (χ3n) is 2.43. The van der Waals surface area contributed by atoms with Crippen LogP contribution in [-0.2, 0) is 11.3 Å². The molecule has 0 aliphatic heterocycles. The summed E-state index contributed by atoms with van der Waals surface area (Å²) in [6.45, 7) is 8.13. The van der Waals surface area contributed by atoms with E-state index in [2.05, 4.69) is 11.6 Å². The van der Waals surface area contributed by atoms with Gasteiger partial charge in [0, 0.05) is 25.5 Å². The van der Waals surface area contributed by atoms with Crippen molar-refractivity contribution < 1.29 is 9.90 Å². The van der Waals surface area contributed by atoms with E-state index in [0.29, 0.717) is 12.5 Å². The van der Waals surface area contributed by atoms with E-state index in [4.69, 9.17) is 5.11 Å². The lowest BCUT2D eigenvalue weighted by Gasteiger charge is -2.20. The average molecular weight is 265 g/mol. The molecule has 1 aromatic heterocycles. The van der Waals surface area contributed by atoms with E-state index in [0.717, 1.165) is 0 Å². The van der Waals surface area contributed by atoms with E-state index in [-0.39, 0.29) is 24.5 Å². The number of hydrogen-bond donors (Lipinski definition) is 1. The highest BCUT2D eigenvalue weighted by atomic mass is 16.4. The summed E-state index contributed by atoms with van der Waals surface area (Å²) in [6, 6.07) is 0. The zero-order chi connectivity index (χ0) is 14.4. The van der Waals surface area contributed by atoms with Crippen molar-refractivity contribution in [1.82, 2.24) is 9.55 Å². The summed E-state index contributed by atoms with van der Waals surface area (Å²) >= 11 is 0. The van der Waals surface area contributed by atoms with Gasteiger partial charge < -0.3 is 14.6 Å². The fraction of sp³-hybridized carbons (Fsp3) is 0.462. The summed E-state index contributed by atoms with van der Waals surface area (Å²) in [7, 11) is 0. The smallest absolute Gasteiger partial charge is 0.323 e. The molecule has 0 saturated carbocycles. The molecule has 1 rings (SSSR count). The number of hydrogen-bond acceptors (Lipinski definition) is 4. The number of aromatic nitrogens is 2. The van der Waals surface area contributed by atoms with Crippen molar-refractivity contribution in [2.75, 3.05) is 18.0 Å². The van der Waals surface area contributed by atoms with E-state index in [9.17, 15) is 9.59 Å². The molecule has 0 unspecified atom stereocenters. The van der Waals surface area contributed by atoms with Crippen LogP contribution in [0.4, 0.5) is 5.82 Å². The molecule has 6 nitrogen and oxygen atoms in total. The minimum atomic E-state index is -1.01. The Kier molecular flexibility index (Phi) is 5.29. The summed E-state index contributed by atoms with van der Waals surface area (Å²) in [5.74, 6) is -0.548. The summed E-state index contributed by atoms with van der Waals surface area (Å²) < 4.78 is 1.55. The van der Waals surface area contributed by atoms with Crippen LogP contribution in [0.2, 0.25) is 0 Å². The van der Waals surface area contributed by atoms with Crippen LogP contribution >= 0.6 is 0 Å². The van der Waals surface area contributed by atoms with Gasteiger partial charge >= 0.3 is 5.97 Å². The Labute approximate surface area is 112 Å². The molecule has 104 valence electrons. The molecule has 0 amide bonds. The molecule has 6 heteroatoms. The molecule has 0 fully saturated rings. The monoisotopic (exact) mass is 265 g/mol. The topological polar surface area (TPSA) is 75.4 Å². The Morgan fingerprint density at radius 3 is 2.84 bits per heavy atom. The third-order valence-corrected chi connectivity index (χ3v) is 2.43. The van der Waals surface area contributed by atoms with Crippen molar-refractivity contribution in [1.29, 1.82) is 0 Å². The predicted octanol–water partition coefficient (Wildman–Crippen LogP) is 0.976. The summed E-state index contributed by atoms with van der Waals surface area (Å²) in [6.07, 6.45) is 4.67. The standard InChI is InChI=1S/C13H19N3O3/c1-4-6-15(9-11(17)18)12-13(19)16(7-5-14-12)8-10(2)3/h4-5,7,10H,1,6,8-9H2,2-3H3,(H,17,18). The molecule has 0 spiro atoms. The van der Waals surface area contributed by atoms with Gasteiger partial charge in [-0.2, -0.15) is 0 Å². The summed E-state index contributed by atoms with van der Waals surface area (Å²) in [5.41, 5.74) is -0.278. The number of anilines is 1. The van der Waals surface area contributed by atoms with Gasteiger partial charge in [-0.1, -0.05) is 19.9 Å². The van der Waals surface area contributed by atoms with Crippen LogP contribution in [0.25, 0.3) is 0 Å². The minimum Gasteiger partial charge on any atom is -0.480 e. The maximum atomic E-state index is 12.2. The van der Waals surface area contributed by atoms with Crippen LogP contribution in [0, 0.1) is 5.92 Å². The zero-order valence-electron chi connectivity index (χ0n) is 11.2. The fourth-order valence-electron chi connectivity index (χ4n) is 1.73. The molecule has 1 heterocycles. The Balaban J connectivity index is 3.12. The van der Waals surface area contributed by atoms with Crippen LogP contribution in [0.15, 0.2) is 29.8 Å². The lowest BCUT2D eigenvalue weighted by molar-refractivity contribution is -0.135. The lowest BCUT2D eigenvalue weighted by atomic mass is 10.2. The van der Waals surface area contributed by atoms with Crippen molar-refractivity contribution in [2.45, 2.75) is 20.4 Å². The predicted molar refractivity (Wildman–Crippen MR) is 73.4 cm³/mol. The molecule has 0 radical (unpaired) electrons. The van der Waals surface area contributed by atoms with Gasteiger partial charge in [-0.05, 0) is 5.92 Å². The highest BCUT2D eigenvalue weighted by Gasteiger charge is 2.15. The van der Waals surface area contributed by atoms with Crippen LogP contribution in [-0.4, -0.2) is 33.7 Å². The quantitative estimate of drug-likeness (QED) is 0.744. The van der Waals surface area contributed by atoms with E-state index in [1.54, 1.807) is 16.8 Å². The molecular formula is C13H19N3O3. The molecule has 0 bridgehead atoms. The first-order chi connectivity index (χ1) is 8.95. The number of aliphatic carboxylic acids is 1. The van der Waals surface area contributed by atoms with Gasteiger partial charge in [-0.3, -0.25) is 9.59 Å². The molecule has 0 aliphatic rings. The van der Waals surface area contributed by atoms with E-state index in [1.807, 2.05) is 13.8 Å². The van der Waals surface area contributed by atoms with Crippen molar-refractivity contribution in [3.8, 4) is 0 Å².